The molecule has 4 heteroatoms. The lowest BCUT2D eigenvalue weighted by molar-refractivity contribution is 0.439. The van der Waals surface area contributed by atoms with Gasteiger partial charge in [0.05, 0.1) is 4.90 Å². The van der Waals surface area contributed by atoms with Gasteiger partial charge in [0.25, 0.3) is 0 Å². The lowest BCUT2D eigenvalue weighted by Crippen LogP contribution is -2.42. The van der Waals surface area contributed by atoms with Crippen LogP contribution in [0, 0.1) is 5.92 Å². The second-order valence-electron chi connectivity index (χ2n) is 6.08. The molecule has 1 N–H and O–H groups in total. The van der Waals surface area contributed by atoms with Gasteiger partial charge >= 0.3 is 0 Å². The molecular formula is C15H25NO2S. The average Bonchev–Trinajstić information content (AvgIpc) is 2.27. The van der Waals surface area contributed by atoms with Crippen molar-refractivity contribution in [2.75, 3.05) is 0 Å². The second kappa shape index (κ2) is 6.06. The summed E-state index contributed by atoms with van der Waals surface area (Å²) in [5, 5.41) is 0. The maximum atomic E-state index is 12.2. The second-order valence-corrected chi connectivity index (χ2v) is 7.77. The maximum Gasteiger partial charge on any atom is 0.241 e. The number of sulfonamides is 1. The van der Waals surface area contributed by atoms with Crippen molar-refractivity contribution in [2.24, 2.45) is 5.92 Å². The van der Waals surface area contributed by atoms with Crippen molar-refractivity contribution in [3.63, 3.8) is 0 Å². The summed E-state index contributed by atoms with van der Waals surface area (Å²) in [5.41, 5.74) is 0.749. The fraction of sp³-hybridized carbons (Fsp3) is 0.600. The highest BCUT2D eigenvalue weighted by atomic mass is 32.2. The molecule has 1 rings (SSSR count). The average molecular weight is 283 g/mol. The molecule has 0 aliphatic rings. The summed E-state index contributed by atoms with van der Waals surface area (Å²) in [7, 11) is -3.43. The minimum absolute atomic E-state index is 0.335. The van der Waals surface area contributed by atoms with Gasteiger partial charge in [0, 0.05) is 5.54 Å². The lowest BCUT2D eigenvalue weighted by atomic mass is 10.0. The molecule has 19 heavy (non-hydrogen) atoms. The number of rotatable bonds is 6. The fourth-order valence-electron chi connectivity index (χ4n) is 1.77. The molecule has 0 saturated heterocycles. The Morgan fingerprint density at radius 1 is 1.16 bits per heavy atom. The quantitative estimate of drug-likeness (QED) is 0.870. The molecule has 0 aliphatic heterocycles. The third-order valence-electron chi connectivity index (χ3n) is 3.17. The zero-order chi connectivity index (χ0) is 14.7. The molecule has 1 aromatic rings. The molecule has 0 atom stereocenters. The topological polar surface area (TPSA) is 46.2 Å². The van der Waals surface area contributed by atoms with Crippen molar-refractivity contribution in [2.45, 2.75) is 57.9 Å². The van der Waals surface area contributed by atoms with Crippen molar-refractivity contribution in [1.82, 2.24) is 4.72 Å². The zero-order valence-corrected chi connectivity index (χ0v) is 13.3. The largest absolute Gasteiger partial charge is 0.241 e. The van der Waals surface area contributed by atoms with E-state index in [2.05, 4.69) is 18.6 Å². The van der Waals surface area contributed by atoms with E-state index < -0.39 is 15.6 Å². The highest BCUT2D eigenvalue weighted by Gasteiger charge is 2.24. The first-order valence-electron chi connectivity index (χ1n) is 6.79. The van der Waals surface area contributed by atoms with E-state index in [4.69, 9.17) is 0 Å². The van der Waals surface area contributed by atoms with Crippen LogP contribution in [-0.2, 0) is 16.4 Å². The van der Waals surface area contributed by atoms with Crippen molar-refractivity contribution >= 4 is 10.0 Å². The number of hydrogen-bond donors (Lipinski definition) is 1. The van der Waals surface area contributed by atoms with Crippen LogP contribution >= 0.6 is 0 Å². The molecule has 0 spiro atoms. The van der Waals surface area contributed by atoms with Gasteiger partial charge in [-0.1, -0.05) is 32.9 Å². The van der Waals surface area contributed by atoms with E-state index >= 15 is 0 Å². The Bertz CT molecular complexity index is 501. The van der Waals surface area contributed by atoms with Crippen LogP contribution in [0.4, 0.5) is 0 Å². The van der Waals surface area contributed by atoms with E-state index in [1.807, 2.05) is 32.9 Å². The Kier molecular flexibility index (Phi) is 5.16. The minimum Gasteiger partial charge on any atom is -0.207 e. The van der Waals surface area contributed by atoms with Crippen LogP contribution in [0.3, 0.4) is 0 Å². The standard InChI is InChI=1S/C15H25NO2S/c1-6-15(4,5)16-19(17,18)14-9-7-13(8-10-14)11-12(2)3/h7-10,12,16H,6,11H2,1-5H3. The van der Waals surface area contributed by atoms with Crippen LogP contribution in [0.2, 0.25) is 0 Å². The van der Waals surface area contributed by atoms with Gasteiger partial charge in [-0.3, -0.25) is 0 Å². The molecule has 108 valence electrons. The Hall–Kier alpha value is -0.870. The highest BCUT2D eigenvalue weighted by molar-refractivity contribution is 7.89. The van der Waals surface area contributed by atoms with Gasteiger partial charge in [-0.05, 0) is 50.3 Å². The molecule has 3 nitrogen and oxygen atoms in total. The molecule has 0 heterocycles. The van der Waals surface area contributed by atoms with E-state index in [0.717, 1.165) is 12.8 Å². The monoisotopic (exact) mass is 283 g/mol. The minimum atomic E-state index is -3.43. The zero-order valence-electron chi connectivity index (χ0n) is 12.5. The van der Waals surface area contributed by atoms with Crippen molar-refractivity contribution in [1.29, 1.82) is 0 Å². The van der Waals surface area contributed by atoms with E-state index in [1.54, 1.807) is 12.1 Å². The molecule has 0 aromatic heterocycles. The number of benzene rings is 1. The summed E-state index contributed by atoms with van der Waals surface area (Å²) in [4.78, 5) is 0.335. The van der Waals surface area contributed by atoms with Crippen LogP contribution in [0.25, 0.3) is 0 Å². The van der Waals surface area contributed by atoms with Gasteiger partial charge in [0.15, 0.2) is 0 Å². The van der Waals surface area contributed by atoms with Crippen LogP contribution < -0.4 is 4.72 Å². The van der Waals surface area contributed by atoms with Gasteiger partial charge in [0.1, 0.15) is 0 Å². The molecule has 0 bridgehead atoms. The van der Waals surface area contributed by atoms with Gasteiger partial charge in [-0.2, -0.15) is 0 Å². The van der Waals surface area contributed by atoms with Gasteiger partial charge in [-0.25, -0.2) is 13.1 Å². The first kappa shape index (κ1) is 16.2. The Labute approximate surface area is 117 Å². The molecule has 0 fully saturated rings. The van der Waals surface area contributed by atoms with E-state index in [0.29, 0.717) is 10.8 Å². The van der Waals surface area contributed by atoms with Gasteiger partial charge in [0.2, 0.25) is 10.0 Å². The Morgan fingerprint density at radius 2 is 1.68 bits per heavy atom. The lowest BCUT2D eigenvalue weighted by Gasteiger charge is -2.24. The number of hydrogen-bond acceptors (Lipinski definition) is 2. The van der Waals surface area contributed by atoms with Gasteiger partial charge < -0.3 is 0 Å². The van der Waals surface area contributed by atoms with Crippen molar-refractivity contribution in [3.05, 3.63) is 29.8 Å². The van der Waals surface area contributed by atoms with Crippen molar-refractivity contribution < 1.29 is 8.42 Å². The van der Waals surface area contributed by atoms with E-state index in [9.17, 15) is 8.42 Å². The van der Waals surface area contributed by atoms with Crippen LogP contribution in [0.5, 0.6) is 0 Å². The maximum absolute atomic E-state index is 12.2. The summed E-state index contributed by atoms with van der Waals surface area (Å²) < 4.78 is 27.2. The molecule has 0 unspecified atom stereocenters. The van der Waals surface area contributed by atoms with E-state index in [-0.39, 0.29) is 0 Å². The predicted octanol–water partition coefficient (Wildman–Crippen LogP) is 3.35. The van der Waals surface area contributed by atoms with Crippen LogP contribution in [-0.4, -0.2) is 14.0 Å². The van der Waals surface area contributed by atoms with Crippen LogP contribution in [0.15, 0.2) is 29.2 Å². The molecule has 0 saturated carbocycles. The van der Waals surface area contributed by atoms with E-state index in [1.165, 1.54) is 5.56 Å². The fourth-order valence-corrected chi connectivity index (χ4v) is 3.25. The highest BCUT2D eigenvalue weighted by Crippen LogP contribution is 2.17. The molecular weight excluding hydrogens is 258 g/mol. The molecule has 0 radical (unpaired) electrons. The summed E-state index contributed by atoms with van der Waals surface area (Å²) in [6.07, 6.45) is 1.71. The third kappa shape index (κ3) is 4.96. The summed E-state index contributed by atoms with van der Waals surface area (Å²) in [5.74, 6) is 0.569. The first-order chi connectivity index (χ1) is 8.66. The normalized spacial score (nSPS) is 12.9. The molecule has 0 amide bonds. The Balaban J connectivity index is 2.91. The summed E-state index contributed by atoms with van der Waals surface area (Å²) in [6, 6.07) is 7.17. The predicted molar refractivity (Wildman–Crippen MR) is 79.7 cm³/mol. The smallest absolute Gasteiger partial charge is 0.207 e. The van der Waals surface area contributed by atoms with Crippen molar-refractivity contribution in [3.8, 4) is 0 Å². The number of nitrogens with one attached hydrogen (secondary N) is 1. The summed E-state index contributed by atoms with van der Waals surface area (Å²) >= 11 is 0. The Morgan fingerprint density at radius 3 is 2.11 bits per heavy atom. The SMILES string of the molecule is CCC(C)(C)NS(=O)(=O)c1ccc(CC(C)C)cc1. The van der Waals surface area contributed by atoms with Gasteiger partial charge in [-0.15, -0.1) is 0 Å². The third-order valence-corrected chi connectivity index (χ3v) is 4.89. The molecule has 0 aliphatic carbocycles. The first-order valence-corrected chi connectivity index (χ1v) is 8.27. The van der Waals surface area contributed by atoms with Crippen LogP contribution in [0.1, 0.15) is 46.6 Å². The summed E-state index contributed by atoms with van der Waals surface area (Å²) in [6.45, 7) is 10.0. The molecule has 1 aromatic carbocycles.